The Morgan fingerprint density at radius 2 is 2.17 bits per heavy atom. The van der Waals surface area contributed by atoms with Crippen molar-refractivity contribution >= 4 is 5.91 Å². The average molecular weight is 251 g/mol. The lowest BCUT2D eigenvalue weighted by molar-refractivity contribution is 0.0757. The number of phenolic OH excluding ortho intramolecular Hbond substituents is 1. The summed E-state index contributed by atoms with van der Waals surface area (Å²) in [7, 11) is 0. The Balaban J connectivity index is 2.15. The van der Waals surface area contributed by atoms with Crippen molar-refractivity contribution in [2.45, 2.75) is 26.2 Å². The average Bonchev–Trinajstić information content (AvgIpc) is 2.53. The molecule has 1 aliphatic heterocycles. The van der Waals surface area contributed by atoms with Gasteiger partial charge in [0.2, 0.25) is 0 Å². The van der Waals surface area contributed by atoms with Crippen LogP contribution in [0, 0.1) is 11.7 Å². The van der Waals surface area contributed by atoms with E-state index in [-0.39, 0.29) is 17.2 Å². The normalized spacial score (nSPS) is 20.6. The molecule has 1 saturated heterocycles. The van der Waals surface area contributed by atoms with Gasteiger partial charge in [0, 0.05) is 19.2 Å². The van der Waals surface area contributed by atoms with E-state index in [1.165, 1.54) is 12.1 Å². The van der Waals surface area contributed by atoms with Crippen molar-refractivity contribution in [1.82, 2.24) is 4.90 Å². The van der Waals surface area contributed by atoms with Gasteiger partial charge >= 0.3 is 0 Å². The van der Waals surface area contributed by atoms with Gasteiger partial charge in [0.15, 0.2) is 0 Å². The topological polar surface area (TPSA) is 40.5 Å². The van der Waals surface area contributed by atoms with E-state index in [0.717, 1.165) is 25.3 Å². The van der Waals surface area contributed by atoms with Crippen molar-refractivity contribution in [3.63, 3.8) is 0 Å². The third-order valence-corrected chi connectivity index (χ3v) is 3.49. The molecule has 1 aromatic carbocycles. The van der Waals surface area contributed by atoms with Gasteiger partial charge in [0.05, 0.1) is 5.56 Å². The second-order valence-electron chi connectivity index (χ2n) is 4.99. The number of carbonyl (C=O) groups is 1. The van der Waals surface area contributed by atoms with E-state index in [9.17, 15) is 14.3 Å². The van der Waals surface area contributed by atoms with E-state index in [1.807, 2.05) is 0 Å². The lowest BCUT2D eigenvalue weighted by Gasteiger charge is -2.21. The maximum atomic E-state index is 12.9. The summed E-state index contributed by atoms with van der Waals surface area (Å²) in [6.07, 6.45) is 3.09. The monoisotopic (exact) mass is 251 g/mol. The van der Waals surface area contributed by atoms with E-state index in [2.05, 4.69) is 6.92 Å². The molecule has 1 unspecified atom stereocenters. The third-order valence-electron chi connectivity index (χ3n) is 3.49. The Morgan fingerprint density at radius 3 is 2.89 bits per heavy atom. The molecular weight excluding hydrogens is 233 g/mol. The fraction of sp³-hybridized carbons (Fsp3) is 0.500. The number of amides is 1. The summed E-state index contributed by atoms with van der Waals surface area (Å²) in [6.45, 7) is 3.60. The number of aromatic hydroxyl groups is 1. The van der Waals surface area contributed by atoms with Crippen molar-refractivity contribution in [2.24, 2.45) is 5.92 Å². The maximum Gasteiger partial charge on any atom is 0.257 e. The predicted molar refractivity (Wildman–Crippen MR) is 67.0 cm³/mol. The molecule has 2 rings (SSSR count). The van der Waals surface area contributed by atoms with Crippen LogP contribution in [-0.2, 0) is 0 Å². The van der Waals surface area contributed by atoms with E-state index in [1.54, 1.807) is 4.90 Å². The van der Waals surface area contributed by atoms with Gasteiger partial charge in [0.25, 0.3) is 5.91 Å². The van der Waals surface area contributed by atoms with Gasteiger partial charge in [-0.1, -0.05) is 6.92 Å². The van der Waals surface area contributed by atoms with Crippen LogP contribution in [0.3, 0.4) is 0 Å². The van der Waals surface area contributed by atoms with Gasteiger partial charge in [-0.3, -0.25) is 4.79 Å². The SMILES string of the molecule is CC1CCCN(C(=O)c2ccc(F)cc2O)CC1. The summed E-state index contributed by atoms with van der Waals surface area (Å²) >= 11 is 0. The Hall–Kier alpha value is -1.58. The molecule has 1 fully saturated rings. The van der Waals surface area contributed by atoms with Crippen LogP contribution in [0.5, 0.6) is 5.75 Å². The first-order valence-corrected chi connectivity index (χ1v) is 6.35. The van der Waals surface area contributed by atoms with E-state index in [4.69, 9.17) is 0 Å². The fourth-order valence-electron chi connectivity index (χ4n) is 2.32. The lowest BCUT2D eigenvalue weighted by atomic mass is 10.0. The van der Waals surface area contributed by atoms with Gasteiger partial charge in [-0.05, 0) is 37.3 Å². The summed E-state index contributed by atoms with van der Waals surface area (Å²) in [5.41, 5.74) is 0.186. The van der Waals surface area contributed by atoms with Gasteiger partial charge < -0.3 is 10.0 Å². The molecule has 1 atom stereocenters. The molecule has 1 N–H and O–H groups in total. The number of halogens is 1. The molecule has 0 radical (unpaired) electrons. The first-order chi connectivity index (χ1) is 8.58. The summed E-state index contributed by atoms with van der Waals surface area (Å²) in [4.78, 5) is 14.0. The van der Waals surface area contributed by atoms with Crippen molar-refractivity contribution in [3.8, 4) is 5.75 Å². The molecule has 1 aliphatic rings. The molecule has 1 aromatic rings. The van der Waals surface area contributed by atoms with Gasteiger partial charge in [-0.25, -0.2) is 4.39 Å². The predicted octanol–water partition coefficient (Wildman–Crippen LogP) is 2.79. The molecule has 98 valence electrons. The highest BCUT2D eigenvalue weighted by Crippen LogP contribution is 2.23. The molecular formula is C14H18FNO2. The van der Waals surface area contributed by atoms with E-state index >= 15 is 0 Å². The van der Waals surface area contributed by atoms with Crippen LogP contribution in [0.25, 0.3) is 0 Å². The summed E-state index contributed by atoms with van der Waals surface area (Å²) < 4.78 is 12.9. The lowest BCUT2D eigenvalue weighted by Crippen LogP contribution is -2.32. The standard InChI is InChI=1S/C14H18FNO2/c1-10-3-2-7-16(8-6-10)14(18)12-5-4-11(15)9-13(12)17/h4-5,9-10,17H,2-3,6-8H2,1H3. The quantitative estimate of drug-likeness (QED) is 0.833. The van der Waals surface area contributed by atoms with Crippen LogP contribution in [0.15, 0.2) is 18.2 Å². The van der Waals surface area contributed by atoms with Crippen LogP contribution in [0.4, 0.5) is 4.39 Å². The number of nitrogens with zero attached hydrogens (tertiary/aromatic N) is 1. The second-order valence-corrected chi connectivity index (χ2v) is 4.99. The summed E-state index contributed by atoms with van der Waals surface area (Å²) in [5.74, 6) is -0.392. The number of hydrogen-bond acceptors (Lipinski definition) is 2. The van der Waals surface area contributed by atoms with Crippen LogP contribution in [-0.4, -0.2) is 29.0 Å². The molecule has 4 heteroatoms. The minimum absolute atomic E-state index is 0.186. The Kier molecular flexibility index (Phi) is 3.84. The van der Waals surface area contributed by atoms with Crippen LogP contribution in [0.2, 0.25) is 0 Å². The largest absolute Gasteiger partial charge is 0.507 e. The zero-order valence-electron chi connectivity index (χ0n) is 10.5. The summed E-state index contributed by atoms with van der Waals surface area (Å²) in [6, 6.07) is 3.53. The number of rotatable bonds is 1. The fourth-order valence-corrected chi connectivity index (χ4v) is 2.32. The molecule has 1 amide bonds. The Labute approximate surface area is 106 Å². The van der Waals surface area contributed by atoms with Crippen molar-refractivity contribution in [2.75, 3.05) is 13.1 Å². The van der Waals surface area contributed by atoms with E-state index in [0.29, 0.717) is 19.0 Å². The smallest absolute Gasteiger partial charge is 0.257 e. The number of phenols is 1. The minimum Gasteiger partial charge on any atom is -0.507 e. The molecule has 3 nitrogen and oxygen atoms in total. The van der Waals surface area contributed by atoms with Gasteiger partial charge in [0.1, 0.15) is 11.6 Å². The van der Waals surface area contributed by atoms with Crippen LogP contribution in [0.1, 0.15) is 36.5 Å². The molecule has 1 heterocycles. The number of hydrogen-bond donors (Lipinski definition) is 1. The highest BCUT2D eigenvalue weighted by Gasteiger charge is 2.21. The Morgan fingerprint density at radius 1 is 1.39 bits per heavy atom. The zero-order chi connectivity index (χ0) is 13.1. The molecule has 0 saturated carbocycles. The molecule has 0 aliphatic carbocycles. The highest BCUT2D eigenvalue weighted by molar-refractivity contribution is 5.96. The molecule has 0 spiro atoms. The first-order valence-electron chi connectivity index (χ1n) is 6.35. The van der Waals surface area contributed by atoms with Crippen molar-refractivity contribution < 1.29 is 14.3 Å². The zero-order valence-corrected chi connectivity index (χ0v) is 10.5. The number of likely N-dealkylation sites (tertiary alicyclic amines) is 1. The third kappa shape index (κ3) is 2.81. The number of carbonyl (C=O) groups excluding carboxylic acids is 1. The Bertz CT molecular complexity index is 447. The van der Waals surface area contributed by atoms with Crippen LogP contribution >= 0.6 is 0 Å². The summed E-state index contributed by atoms with van der Waals surface area (Å²) in [5, 5.41) is 9.63. The van der Waals surface area contributed by atoms with Gasteiger partial charge in [-0.15, -0.1) is 0 Å². The number of benzene rings is 1. The highest BCUT2D eigenvalue weighted by atomic mass is 19.1. The van der Waals surface area contributed by atoms with Crippen molar-refractivity contribution in [1.29, 1.82) is 0 Å². The first kappa shape index (κ1) is 12.9. The maximum absolute atomic E-state index is 12.9. The minimum atomic E-state index is -0.534. The second kappa shape index (κ2) is 5.38. The van der Waals surface area contributed by atoms with E-state index < -0.39 is 5.82 Å². The van der Waals surface area contributed by atoms with Crippen LogP contribution < -0.4 is 0 Å². The molecule has 0 aromatic heterocycles. The van der Waals surface area contributed by atoms with Gasteiger partial charge in [-0.2, -0.15) is 0 Å². The molecule has 18 heavy (non-hydrogen) atoms. The van der Waals surface area contributed by atoms with Crippen molar-refractivity contribution in [3.05, 3.63) is 29.6 Å². The molecule has 0 bridgehead atoms.